The molecule has 2 aromatic carbocycles. The fraction of sp³-hybridized carbons (Fsp3) is 0.320. The minimum atomic E-state index is -0.173. The lowest BCUT2D eigenvalue weighted by molar-refractivity contribution is 0.0910. The molecular formula is C25H27N5O3. The number of aryl methyl sites for hydroxylation is 1. The molecule has 33 heavy (non-hydrogen) atoms. The van der Waals surface area contributed by atoms with Crippen LogP contribution in [0.2, 0.25) is 0 Å². The highest BCUT2D eigenvalue weighted by atomic mass is 16.5. The Balaban J connectivity index is 1.52. The molecule has 0 radical (unpaired) electrons. The van der Waals surface area contributed by atoms with E-state index in [1.807, 2.05) is 39.8 Å². The first-order chi connectivity index (χ1) is 16.1. The summed E-state index contributed by atoms with van der Waals surface area (Å²) in [4.78, 5) is 17.5. The van der Waals surface area contributed by atoms with Crippen LogP contribution in [0.1, 0.15) is 36.5 Å². The normalized spacial score (nSPS) is 13.7. The van der Waals surface area contributed by atoms with Gasteiger partial charge < -0.3 is 14.8 Å². The van der Waals surface area contributed by atoms with Crippen molar-refractivity contribution in [3.05, 3.63) is 54.6 Å². The molecule has 1 N–H and O–H groups in total. The van der Waals surface area contributed by atoms with Crippen LogP contribution in [0.5, 0.6) is 11.5 Å². The van der Waals surface area contributed by atoms with Crippen LogP contribution >= 0.6 is 0 Å². The second-order valence-corrected chi connectivity index (χ2v) is 8.23. The Morgan fingerprint density at radius 3 is 2.48 bits per heavy atom. The zero-order chi connectivity index (χ0) is 22.9. The van der Waals surface area contributed by atoms with Gasteiger partial charge in [-0.3, -0.25) is 14.0 Å². The Bertz CT molecular complexity index is 1290. The van der Waals surface area contributed by atoms with Gasteiger partial charge in [0.05, 0.1) is 37.1 Å². The molecule has 4 aromatic rings. The van der Waals surface area contributed by atoms with Gasteiger partial charge in [0.15, 0.2) is 0 Å². The molecule has 0 spiro atoms. The zero-order valence-electron chi connectivity index (χ0n) is 19.0. The van der Waals surface area contributed by atoms with Gasteiger partial charge in [-0.1, -0.05) is 6.07 Å². The quantitative estimate of drug-likeness (QED) is 0.461. The first kappa shape index (κ1) is 21.1. The number of hydrogen-bond donors (Lipinski definition) is 1. The molecule has 0 unspecified atom stereocenters. The molecule has 0 saturated heterocycles. The van der Waals surface area contributed by atoms with Crippen molar-refractivity contribution in [2.45, 2.75) is 38.8 Å². The van der Waals surface area contributed by atoms with E-state index in [0.29, 0.717) is 17.1 Å². The van der Waals surface area contributed by atoms with Crippen molar-refractivity contribution in [2.24, 2.45) is 0 Å². The number of carbonyl (C=O) groups is 1. The summed E-state index contributed by atoms with van der Waals surface area (Å²) < 4.78 is 15.1. The van der Waals surface area contributed by atoms with Gasteiger partial charge in [-0.25, -0.2) is 4.98 Å². The lowest BCUT2D eigenvalue weighted by Crippen LogP contribution is -2.39. The molecule has 0 atom stereocenters. The van der Waals surface area contributed by atoms with E-state index < -0.39 is 0 Å². The molecule has 1 fully saturated rings. The minimum absolute atomic E-state index is 0.173. The fourth-order valence-corrected chi connectivity index (χ4v) is 4.15. The number of nitrogens with zero attached hydrogens (tertiary/aromatic N) is 4. The Kier molecular flexibility index (Phi) is 5.50. The van der Waals surface area contributed by atoms with Gasteiger partial charge in [-0.05, 0) is 43.9 Å². The molecule has 1 amide bonds. The molecule has 1 saturated carbocycles. The van der Waals surface area contributed by atoms with Crippen molar-refractivity contribution in [3.8, 4) is 28.3 Å². The second kappa shape index (κ2) is 8.61. The number of nitrogens with one attached hydrogen (secondary N) is 1. The Morgan fingerprint density at radius 2 is 1.88 bits per heavy atom. The molecule has 2 heterocycles. The average Bonchev–Trinajstić information content (AvgIpc) is 3.47. The number of ether oxygens (including phenoxy) is 2. The van der Waals surface area contributed by atoms with Gasteiger partial charge >= 0.3 is 0 Å². The molecule has 1 aliphatic carbocycles. The Hall–Kier alpha value is -3.81. The van der Waals surface area contributed by atoms with Crippen molar-refractivity contribution in [2.75, 3.05) is 14.2 Å². The number of hydrogen-bond acceptors (Lipinski definition) is 5. The topological polar surface area (TPSA) is 83.2 Å². The van der Waals surface area contributed by atoms with E-state index in [9.17, 15) is 4.79 Å². The standard InChI is InChI=1S/C25H27N5O3/c1-4-29-14-17(13-27-29)16-8-9-21-20(10-16)26-15-30(21)19-11-22(32-2)24(23(12-19)33-3)25(31)28-18-6-5-7-18/h8-15,18H,4-7H2,1-3H3,(H,28,31). The van der Waals surface area contributed by atoms with E-state index in [2.05, 4.69) is 34.5 Å². The lowest BCUT2D eigenvalue weighted by Gasteiger charge is -2.27. The summed E-state index contributed by atoms with van der Waals surface area (Å²) in [5.41, 5.74) is 5.14. The largest absolute Gasteiger partial charge is 0.496 e. The van der Waals surface area contributed by atoms with E-state index in [1.54, 1.807) is 20.5 Å². The fourth-order valence-electron chi connectivity index (χ4n) is 4.15. The molecule has 5 rings (SSSR count). The maximum absolute atomic E-state index is 12.9. The van der Waals surface area contributed by atoms with Crippen LogP contribution in [-0.2, 0) is 6.54 Å². The highest BCUT2D eigenvalue weighted by Gasteiger charge is 2.25. The number of rotatable bonds is 7. The van der Waals surface area contributed by atoms with Gasteiger partial charge in [-0.15, -0.1) is 0 Å². The third-order valence-electron chi connectivity index (χ3n) is 6.27. The van der Waals surface area contributed by atoms with E-state index in [4.69, 9.17) is 9.47 Å². The van der Waals surface area contributed by atoms with Crippen LogP contribution in [0.25, 0.3) is 27.8 Å². The second-order valence-electron chi connectivity index (χ2n) is 8.23. The van der Waals surface area contributed by atoms with Crippen molar-refractivity contribution in [1.29, 1.82) is 0 Å². The predicted octanol–water partition coefficient (Wildman–Crippen LogP) is 4.21. The average molecular weight is 446 g/mol. The van der Waals surface area contributed by atoms with Crippen LogP contribution < -0.4 is 14.8 Å². The molecular weight excluding hydrogens is 418 g/mol. The van der Waals surface area contributed by atoms with Crippen LogP contribution in [0.3, 0.4) is 0 Å². The van der Waals surface area contributed by atoms with Gasteiger partial charge in [-0.2, -0.15) is 5.10 Å². The van der Waals surface area contributed by atoms with Gasteiger partial charge in [0.1, 0.15) is 23.4 Å². The van der Waals surface area contributed by atoms with Gasteiger partial charge in [0.25, 0.3) is 5.91 Å². The third-order valence-corrected chi connectivity index (χ3v) is 6.27. The Labute approximate surface area is 192 Å². The monoisotopic (exact) mass is 445 g/mol. The molecule has 1 aliphatic rings. The van der Waals surface area contributed by atoms with E-state index in [1.165, 1.54) is 0 Å². The first-order valence-corrected chi connectivity index (χ1v) is 11.2. The molecule has 0 aliphatic heterocycles. The minimum Gasteiger partial charge on any atom is -0.496 e. The van der Waals surface area contributed by atoms with Crippen molar-refractivity contribution in [1.82, 2.24) is 24.6 Å². The first-order valence-electron chi connectivity index (χ1n) is 11.2. The van der Waals surface area contributed by atoms with Crippen molar-refractivity contribution >= 4 is 16.9 Å². The molecule has 2 aromatic heterocycles. The number of imidazole rings is 1. The van der Waals surface area contributed by atoms with Crippen LogP contribution in [0.15, 0.2) is 49.1 Å². The Morgan fingerprint density at radius 1 is 1.12 bits per heavy atom. The van der Waals surface area contributed by atoms with Crippen LogP contribution in [0, 0.1) is 0 Å². The van der Waals surface area contributed by atoms with Crippen LogP contribution in [0.4, 0.5) is 0 Å². The highest BCUT2D eigenvalue weighted by Crippen LogP contribution is 2.34. The zero-order valence-corrected chi connectivity index (χ0v) is 19.0. The van der Waals surface area contributed by atoms with Crippen molar-refractivity contribution in [3.63, 3.8) is 0 Å². The van der Waals surface area contributed by atoms with Crippen molar-refractivity contribution < 1.29 is 14.3 Å². The highest BCUT2D eigenvalue weighted by molar-refractivity contribution is 6.00. The number of fused-ring (bicyclic) bond motifs is 1. The SMILES string of the molecule is CCn1cc(-c2ccc3c(c2)ncn3-c2cc(OC)c(C(=O)NC3CCC3)c(OC)c2)cn1. The summed E-state index contributed by atoms with van der Waals surface area (Å²) in [5, 5.41) is 7.43. The van der Waals surface area contributed by atoms with Gasteiger partial charge in [0, 0.05) is 36.5 Å². The summed E-state index contributed by atoms with van der Waals surface area (Å²) in [5.74, 6) is 0.756. The lowest BCUT2D eigenvalue weighted by atomic mass is 9.93. The summed E-state index contributed by atoms with van der Waals surface area (Å²) >= 11 is 0. The summed E-state index contributed by atoms with van der Waals surface area (Å²) in [6.07, 6.45) is 8.83. The van der Waals surface area contributed by atoms with Crippen LogP contribution in [-0.4, -0.2) is 45.5 Å². The maximum atomic E-state index is 12.9. The predicted molar refractivity (Wildman–Crippen MR) is 126 cm³/mol. The number of benzene rings is 2. The smallest absolute Gasteiger partial charge is 0.259 e. The number of aromatic nitrogens is 4. The maximum Gasteiger partial charge on any atom is 0.259 e. The number of methoxy groups -OCH3 is 2. The van der Waals surface area contributed by atoms with Gasteiger partial charge in [0.2, 0.25) is 0 Å². The molecule has 170 valence electrons. The van der Waals surface area contributed by atoms with E-state index >= 15 is 0 Å². The third kappa shape index (κ3) is 3.82. The van der Waals surface area contributed by atoms with E-state index in [0.717, 1.165) is 53.7 Å². The molecule has 0 bridgehead atoms. The summed E-state index contributed by atoms with van der Waals surface area (Å²) in [6, 6.07) is 10.1. The number of amides is 1. The number of carbonyl (C=O) groups excluding carboxylic acids is 1. The molecule has 8 nitrogen and oxygen atoms in total. The summed E-state index contributed by atoms with van der Waals surface area (Å²) in [6.45, 7) is 2.89. The molecule has 8 heteroatoms. The summed E-state index contributed by atoms with van der Waals surface area (Å²) in [7, 11) is 3.13. The van der Waals surface area contributed by atoms with E-state index in [-0.39, 0.29) is 11.9 Å².